The van der Waals surface area contributed by atoms with Crippen molar-refractivity contribution in [2.45, 2.75) is 19.4 Å². The molecule has 1 aromatic heterocycles. The molecular formula is C11H12N2. The molecule has 0 unspecified atom stereocenters. The van der Waals surface area contributed by atoms with E-state index in [1.165, 1.54) is 12.8 Å². The van der Waals surface area contributed by atoms with E-state index in [0.717, 1.165) is 23.4 Å². The third kappa shape index (κ3) is 1.22. The van der Waals surface area contributed by atoms with Gasteiger partial charge in [0, 0.05) is 11.9 Å². The quantitative estimate of drug-likeness (QED) is 0.682. The molecule has 0 amide bonds. The molecule has 1 heterocycles. The zero-order chi connectivity index (χ0) is 9.54. The molecule has 0 N–H and O–H groups in total. The number of nitrogens with zero attached hydrogens (tertiary/aromatic N) is 2. The zero-order valence-corrected chi connectivity index (χ0v) is 7.40. The molecule has 0 atom stereocenters. The maximum atomic E-state index is 7.50. The monoisotopic (exact) mass is 173 g/mol. The van der Waals surface area contributed by atoms with Crippen LogP contribution < -0.4 is 0 Å². The Morgan fingerprint density at radius 2 is 2.46 bits per heavy atom. The first-order valence-electron chi connectivity index (χ1n) is 5.25. The number of hydrogen-bond donors (Lipinski definition) is 0. The number of fused-ring (bicyclic) bond motifs is 1. The highest BCUT2D eigenvalue weighted by molar-refractivity contribution is 5.78. The van der Waals surface area contributed by atoms with Crippen molar-refractivity contribution in [1.82, 2.24) is 9.78 Å². The molecule has 0 spiro atoms. The SMILES string of the molecule is [2H]c1ccc2c(cnn2CC2CC2)c1. The molecular weight excluding hydrogens is 160 g/mol. The molecule has 1 aliphatic rings. The topological polar surface area (TPSA) is 17.8 Å². The second kappa shape index (κ2) is 2.59. The highest BCUT2D eigenvalue weighted by Crippen LogP contribution is 2.31. The molecule has 1 aromatic carbocycles. The van der Waals surface area contributed by atoms with Gasteiger partial charge in [0.1, 0.15) is 0 Å². The highest BCUT2D eigenvalue weighted by atomic mass is 15.3. The molecule has 66 valence electrons. The summed E-state index contributed by atoms with van der Waals surface area (Å²) in [7, 11) is 0. The normalized spacial score (nSPS) is 17.7. The average Bonchev–Trinajstić information content (AvgIpc) is 2.89. The van der Waals surface area contributed by atoms with Crippen LogP contribution in [0.3, 0.4) is 0 Å². The van der Waals surface area contributed by atoms with E-state index in [-0.39, 0.29) is 0 Å². The van der Waals surface area contributed by atoms with E-state index < -0.39 is 0 Å². The molecule has 0 aliphatic heterocycles. The van der Waals surface area contributed by atoms with Gasteiger partial charge in [-0.1, -0.05) is 18.2 Å². The van der Waals surface area contributed by atoms with Crippen LogP contribution in [0.2, 0.25) is 0 Å². The van der Waals surface area contributed by atoms with Crippen molar-refractivity contribution < 1.29 is 1.37 Å². The van der Waals surface area contributed by atoms with Crippen LogP contribution in [-0.4, -0.2) is 9.78 Å². The fourth-order valence-corrected chi connectivity index (χ4v) is 1.66. The lowest BCUT2D eigenvalue weighted by Crippen LogP contribution is -2.00. The van der Waals surface area contributed by atoms with Gasteiger partial charge >= 0.3 is 0 Å². The summed E-state index contributed by atoms with van der Waals surface area (Å²) in [4.78, 5) is 0. The fraction of sp³-hybridized carbons (Fsp3) is 0.364. The van der Waals surface area contributed by atoms with Crippen LogP contribution in [0.25, 0.3) is 10.9 Å². The van der Waals surface area contributed by atoms with Crippen LogP contribution in [0.15, 0.2) is 30.4 Å². The number of benzene rings is 1. The van der Waals surface area contributed by atoms with E-state index in [0.29, 0.717) is 6.04 Å². The summed E-state index contributed by atoms with van der Waals surface area (Å²) >= 11 is 0. The molecule has 0 saturated heterocycles. The average molecular weight is 173 g/mol. The number of para-hydroxylation sites is 1. The Morgan fingerprint density at radius 1 is 1.54 bits per heavy atom. The molecule has 1 saturated carbocycles. The molecule has 2 heteroatoms. The van der Waals surface area contributed by atoms with E-state index in [9.17, 15) is 0 Å². The Bertz CT molecular complexity index is 471. The molecule has 0 bridgehead atoms. The molecule has 3 rings (SSSR count). The second-order valence-corrected chi connectivity index (χ2v) is 3.75. The van der Waals surface area contributed by atoms with Crippen molar-refractivity contribution in [3.63, 3.8) is 0 Å². The predicted octanol–water partition coefficient (Wildman–Crippen LogP) is 2.45. The first-order chi connectivity index (χ1) is 6.83. The van der Waals surface area contributed by atoms with Crippen LogP contribution in [0.4, 0.5) is 0 Å². The third-order valence-electron chi connectivity index (χ3n) is 2.61. The fourth-order valence-electron chi connectivity index (χ4n) is 1.66. The number of rotatable bonds is 2. The minimum absolute atomic E-state index is 0.559. The predicted molar refractivity (Wildman–Crippen MR) is 52.5 cm³/mol. The summed E-state index contributed by atoms with van der Waals surface area (Å²) in [6, 6.07) is 6.25. The van der Waals surface area contributed by atoms with Gasteiger partial charge in [-0.25, -0.2) is 0 Å². The van der Waals surface area contributed by atoms with Crippen molar-refractivity contribution in [3.8, 4) is 0 Å². The van der Waals surface area contributed by atoms with Crippen LogP contribution in [-0.2, 0) is 6.54 Å². The molecule has 1 fully saturated rings. The van der Waals surface area contributed by atoms with Gasteiger partial charge in [-0.05, 0) is 24.8 Å². The Hall–Kier alpha value is -1.31. The number of hydrogen-bond acceptors (Lipinski definition) is 1. The molecule has 1 aliphatic carbocycles. The van der Waals surface area contributed by atoms with Crippen molar-refractivity contribution in [1.29, 1.82) is 0 Å². The molecule has 0 radical (unpaired) electrons. The largest absolute Gasteiger partial charge is 0.265 e. The summed E-state index contributed by atoms with van der Waals surface area (Å²) in [5.74, 6) is 0.841. The first kappa shape index (κ1) is 6.19. The minimum Gasteiger partial charge on any atom is -0.265 e. The zero-order valence-electron chi connectivity index (χ0n) is 8.40. The van der Waals surface area contributed by atoms with Crippen LogP contribution >= 0.6 is 0 Å². The minimum atomic E-state index is 0.559. The van der Waals surface area contributed by atoms with Crippen molar-refractivity contribution in [3.05, 3.63) is 30.4 Å². The Labute approximate surface area is 78.6 Å². The van der Waals surface area contributed by atoms with Crippen molar-refractivity contribution in [2.75, 3.05) is 0 Å². The standard InChI is InChI=1S/C11H12N2/c1-2-4-11-10(3-1)7-12-13(11)8-9-5-6-9/h1-4,7,9H,5-6,8H2/i1D. The van der Waals surface area contributed by atoms with Crippen molar-refractivity contribution in [2.24, 2.45) is 5.92 Å². The van der Waals surface area contributed by atoms with Gasteiger partial charge in [-0.15, -0.1) is 0 Å². The van der Waals surface area contributed by atoms with Crippen LogP contribution in [0.5, 0.6) is 0 Å². The summed E-state index contributed by atoms with van der Waals surface area (Å²) in [6.45, 7) is 1.04. The van der Waals surface area contributed by atoms with E-state index in [1.807, 2.05) is 24.4 Å². The van der Waals surface area contributed by atoms with Crippen LogP contribution in [0.1, 0.15) is 14.2 Å². The highest BCUT2D eigenvalue weighted by Gasteiger charge is 2.22. The van der Waals surface area contributed by atoms with Gasteiger partial charge in [0.2, 0.25) is 0 Å². The second-order valence-electron chi connectivity index (χ2n) is 3.75. The third-order valence-corrected chi connectivity index (χ3v) is 2.61. The summed E-state index contributed by atoms with van der Waals surface area (Å²) in [6.07, 6.45) is 4.55. The van der Waals surface area contributed by atoms with Gasteiger partial charge in [-0.3, -0.25) is 4.68 Å². The van der Waals surface area contributed by atoms with Gasteiger partial charge in [-0.2, -0.15) is 5.10 Å². The summed E-state index contributed by atoms with van der Waals surface area (Å²) in [5, 5.41) is 5.43. The molecule has 13 heavy (non-hydrogen) atoms. The van der Waals surface area contributed by atoms with E-state index >= 15 is 0 Å². The van der Waals surface area contributed by atoms with Crippen molar-refractivity contribution >= 4 is 10.9 Å². The Morgan fingerprint density at radius 3 is 3.31 bits per heavy atom. The summed E-state index contributed by atoms with van der Waals surface area (Å²) < 4.78 is 9.57. The van der Waals surface area contributed by atoms with E-state index in [1.54, 1.807) is 0 Å². The maximum absolute atomic E-state index is 7.50. The maximum Gasteiger partial charge on any atom is 0.0682 e. The lowest BCUT2D eigenvalue weighted by molar-refractivity contribution is 0.580. The Kier molecular flexibility index (Phi) is 1.23. The van der Waals surface area contributed by atoms with Gasteiger partial charge in [0.15, 0.2) is 0 Å². The van der Waals surface area contributed by atoms with Gasteiger partial charge < -0.3 is 0 Å². The Balaban J connectivity index is 2.06. The van der Waals surface area contributed by atoms with E-state index in [2.05, 4.69) is 9.78 Å². The van der Waals surface area contributed by atoms with Gasteiger partial charge in [0.25, 0.3) is 0 Å². The smallest absolute Gasteiger partial charge is 0.0682 e. The van der Waals surface area contributed by atoms with Gasteiger partial charge in [0.05, 0.1) is 13.1 Å². The summed E-state index contributed by atoms with van der Waals surface area (Å²) in [5.41, 5.74) is 1.16. The van der Waals surface area contributed by atoms with E-state index in [4.69, 9.17) is 1.37 Å². The number of aromatic nitrogens is 2. The van der Waals surface area contributed by atoms with Crippen LogP contribution in [0, 0.1) is 5.92 Å². The lowest BCUT2D eigenvalue weighted by atomic mass is 10.2. The lowest BCUT2D eigenvalue weighted by Gasteiger charge is -2.00. The molecule has 2 nitrogen and oxygen atoms in total. The molecule has 2 aromatic rings. The first-order valence-corrected chi connectivity index (χ1v) is 4.75.